The van der Waals surface area contributed by atoms with Gasteiger partial charge in [0.25, 0.3) is 0 Å². The Morgan fingerprint density at radius 3 is 2.88 bits per heavy atom. The molecule has 0 bridgehead atoms. The Kier molecular flexibility index (Phi) is 4.37. The van der Waals surface area contributed by atoms with Crippen molar-refractivity contribution >= 4 is 6.34 Å². The van der Waals surface area contributed by atoms with Gasteiger partial charge in [-0.05, 0) is 25.5 Å². The molecule has 0 aliphatic carbocycles. The van der Waals surface area contributed by atoms with Gasteiger partial charge in [-0.2, -0.15) is 5.48 Å². The summed E-state index contributed by atoms with van der Waals surface area (Å²) in [6, 6.07) is 0.128. The molecular formula is C11H20N4O. The number of hydrogen-bond donors (Lipinski definition) is 2. The molecule has 1 heterocycles. The molecule has 90 valence electrons. The van der Waals surface area contributed by atoms with Gasteiger partial charge >= 0.3 is 0 Å². The molecule has 5 heteroatoms. The third-order valence-corrected chi connectivity index (χ3v) is 2.35. The first-order chi connectivity index (χ1) is 7.56. The molecular weight excluding hydrogens is 204 g/mol. The summed E-state index contributed by atoms with van der Waals surface area (Å²) in [7, 11) is 5.71. The minimum Gasteiger partial charge on any atom is -0.414 e. The van der Waals surface area contributed by atoms with Crippen LogP contribution in [0.3, 0.4) is 0 Å². The lowest BCUT2D eigenvalue weighted by molar-refractivity contribution is 0.127. The molecule has 0 fully saturated rings. The van der Waals surface area contributed by atoms with E-state index in [-0.39, 0.29) is 6.04 Å². The normalized spacial score (nSPS) is 20.8. The Balaban J connectivity index is 2.84. The average Bonchev–Trinajstić information content (AvgIpc) is 2.21. The molecule has 16 heavy (non-hydrogen) atoms. The molecule has 1 unspecified atom stereocenters. The Hall–Kier alpha value is -1.49. The van der Waals surface area contributed by atoms with Crippen LogP contribution in [0.15, 0.2) is 28.2 Å². The van der Waals surface area contributed by atoms with Crippen LogP contribution in [-0.4, -0.2) is 38.4 Å². The zero-order valence-electron chi connectivity index (χ0n) is 10.5. The van der Waals surface area contributed by atoms with Crippen molar-refractivity contribution in [1.82, 2.24) is 15.7 Å². The minimum atomic E-state index is 0.128. The van der Waals surface area contributed by atoms with Crippen molar-refractivity contribution in [2.75, 3.05) is 21.1 Å². The van der Waals surface area contributed by atoms with E-state index in [1.807, 2.05) is 32.0 Å². The maximum atomic E-state index is 5.18. The highest BCUT2D eigenvalue weighted by Gasteiger charge is 2.16. The topological polar surface area (TPSA) is 48.9 Å². The molecule has 1 aliphatic rings. The van der Waals surface area contributed by atoms with E-state index in [1.54, 1.807) is 13.4 Å². The number of nitrogens with zero attached hydrogens (tertiary/aromatic N) is 2. The number of hydroxylamine groups is 1. The van der Waals surface area contributed by atoms with Gasteiger partial charge in [-0.25, -0.2) is 4.99 Å². The molecule has 0 saturated heterocycles. The second-order valence-electron chi connectivity index (χ2n) is 3.89. The van der Waals surface area contributed by atoms with Crippen LogP contribution in [0.5, 0.6) is 0 Å². The van der Waals surface area contributed by atoms with Crippen molar-refractivity contribution in [1.29, 1.82) is 0 Å². The van der Waals surface area contributed by atoms with Gasteiger partial charge in [-0.3, -0.25) is 0 Å². The fraction of sp³-hybridized carbons (Fsp3) is 0.545. The summed E-state index contributed by atoms with van der Waals surface area (Å²) in [5.74, 6) is 1.81. The monoisotopic (exact) mass is 224 g/mol. The maximum absolute atomic E-state index is 5.18. The molecule has 0 aromatic heterocycles. The van der Waals surface area contributed by atoms with Crippen LogP contribution in [-0.2, 0) is 4.84 Å². The van der Waals surface area contributed by atoms with Gasteiger partial charge in [-0.1, -0.05) is 0 Å². The van der Waals surface area contributed by atoms with Crippen molar-refractivity contribution in [3.05, 3.63) is 23.2 Å². The zero-order chi connectivity index (χ0) is 12.1. The minimum absolute atomic E-state index is 0.128. The SMILES string of the molecule is CNO/C(C)=C/C1NC=NC(N(C)C)=C1C. The van der Waals surface area contributed by atoms with Crippen molar-refractivity contribution in [2.45, 2.75) is 19.9 Å². The van der Waals surface area contributed by atoms with E-state index < -0.39 is 0 Å². The number of rotatable bonds is 4. The molecule has 0 aromatic rings. The first kappa shape index (κ1) is 12.6. The Bertz CT molecular complexity index is 331. The molecule has 0 aromatic carbocycles. The lowest BCUT2D eigenvalue weighted by Crippen LogP contribution is -2.33. The van der Waals surface area contributed by atoms with E-state index in [0.29, 0.717) is 0 Å². The fourth-order valence-electron chi connectivity index (χ4n) is 1.62. The van der Waals surface area contributed by atoms with Crippen molar-refractivity contribution < 1.29 is 4.84 Å². The quantitative estimate of drug-likeness (QED) is 0.548. The maximum Gasteiger partial charge on any atom is 0.131 e. The molecule has 0 saturated carbocycles. The first-order valence-corrected chi connectivity index (χ1v) is 5.25. The molecule has 0 amide bonds. The Morgan fingerprint density at radius 2 is 2.31 bits per heavy atom. The molecule has 0 spiro atoms. The van der Waals surface area contributed by atoms with Crippen LogP contribution in [0.1, 0.15) is 13.8 Å². The highest BCUT2D eigenvalue weighted by Crippen LogP contribution is 2.17. The predicted octanol–water partition coefficient (Wildman–Crippen LogP) is 0.834. The van der Waals surface area contributed by atoms with E-state index in [9.17, 15) is 0 Å². The summed E-state index contributed by atoms with van der Waals surface area (Å²) in [4.78, 5) is 11.5. The summed E-state index contributed by atoms with van der Waals surface area (Å²) >= 11 is 0. The summed E-state index contributed by atoms with van der Waals surface area (Å²) in [5.41, 5.74) is 3.82. The first-order valence-electron chi connectivity index (χ1n) is 5.25. The lowest BCUT2D eigenvalue weighted by Gasteiger charge is -2.25. The van der Waals surface area contributed by atoms with Gasteiger partial charge in [-0.15, -0.1) is 0 Å². The summed E-state index contributed by atoms with van der Waals surface area (Å²) < 4.78 is 0. The highest BCUT2D eigenvalue weighted by atomic mass is 16.6. The third-order valence-electron chi connectivity index (χ3n) is 2.35. The van der Waals surface area contributed by atoms with Gasteiger partial charge in [0, 0.05) is 21.1 Å². The van der Waals surface area contributed by atoms with Crippen LogP contribution in [0.2, 0.25) is 0 Å². The number of hydrogen-bond acceptors (Lipinski definition) is 5. The van der Waals surface area contributed by atoms with E-state index in [4.69, 9.17) is 4.84 Å². The van der Waals surface area contributed by atoms with Gasteiger partial charge in [0.1, 0.15) is 11.6 Å². The summed E-state index contributed by atoms with van der Waals surface area (Å²) in [6.07, 6.45) is 3.73. The Morgan fingerprint density at radius 1 is 1.62 bits per heavy atom. The number of aliphatic imine (C=N–C) groups is 1. The van der Waals surface area contributed by atoms with E-state index in [0.717, 1.165) is 11.6 Å². The summed E-state index contributed by atoms with van der Waals surface area (Å²) in [6.45, 7) is 3.97. The van der Waals surface area contributed by atoms with E-state index in [2.05, 4.69) is 22.7 Å². The zero-order valence-corrected chi connectivity index (χ0v) is 10.5. The van der Waals surface area contributed by atoms with Crippen LogP contribution in [0, 0.1) is 0 Å². The van der Waals surface area contributed by atoms with Crippen molar-refractivity contribution in [2.24, 2.45) is 4.99 Å². The third kappa shape index (κ3) is 3.00. The second-order valence-corrected chi connectivity index (χ2v) is 3.89. The Labute approximate surface area is 96.8 Å². The van der Waals surface area contributed by atoms with Gasteiger partial charge in [0.15, 0.2) is 0 Å². The summed E-state index contributed by atoms with van der Waals surface area (Å²) in [5, 5.41) is 3.18. The van der Waals surface area contributed by atoms with Gasteiger partial charge in [0.2, 0.25) is 0 Å². The van der Waals surface area contributed by atoms with Crippen LogP contribution < -0.4 is 10.8 Å². The van der Waals surface area contributed by atoms with E-state index in [1.165, 1.54) is 5.57 Å². The van der Waals surface area contributed by atoms with Crippen LogP contribution in [0.4, 0.5) is 0 Å². The molecule has 2 N–H and O–H groups in total. The highest BCUT2D eigenvalue weighted by molar-refractivity contribution is 5.61. The number of allylic oxidation sites excluding steroid dienone is 1. The van der Waals surface area contributed by atoms with Crippen molar-refractivity contribution in [3.8, 4) is 0 Å². The fourth-order valence-corrected chi connectivity index (χ4v) is 1.62. The van der Waals surface area contributed by atoms with Crippen molar-refractivity contribution in [3.63, 3.8) is 0 Å². The molecule has 1 atom stereocenters. The predicted molar refractivity (Wildman–Crippen MR) is 65.7 cm³/mol. The smallest absolute Gasteiger partial charge is 0.131 e. The largest absolute Gasteiger partial charge is 0.414 e. The van der Waals surface area contributed by atoms with Gasteiger partial charge < -0.3 is 15.1 Å². The molecule has 0 radical (unpaired) electrons. The van der Waals surface area contributed by atoms with Crippen LogP contribution in [0.25, 0.3) is 0 Å². The standard InChI is InChI=1S/C11H20N4O/c1-8(16-12-3)6-10-9(2)11(15(4)5)14-7-13-10/h6-7,10,12H,1-5H3,(H,13,14)/b8-6+. The van der Waals surface area contributed by atoms with Crippen LogP contribution >= 0.6 is 0 Å². The average molecular weight is 224 g/mol. The lowest BCUT2D eigenvalue weighted by atomic mass is 10.1. The number of nitrogens with one attached hydrogen (secondary N) is 2. The molecule has 1 aliphatic heterocycles. The second kappa shape index (κ2) is 5.55. The molecule has 1 rings (SSSR count). The van der Waals surface area contributed by atoms with Gasteiger partial charge in [0.05, 0.1) is 12.4 Å². The molecule has 5 nitrogen and oxygen atoms in total. The van der Waals surface area contributed by atoms with E-state index >= 15 is 0 Å².